The highest BCUT2D eigenvalue weighted by atomic mass is 16.1. The van der Waals surface area contributed by atoms with E-state index in [1.54, 1.807) is 10.8 Å². The summed E-state index contributed by atoms with van der Waals surface area (Å²) in [5.74, 6) is 0.456. The highest BCUT2D eigenvalue weighted by molar-refractivity contribution is 5.71. The summed E-state index contributed by atoms with van der Waals surface area (Å²) in [4.78, 5) is 23.8. The summed E-state index contributed by atoms with van der Waals surface area (Å²) < 4.78 is 1.64. The molecule has 0 saturated heterocycles. The van der Waals surface area contributed by atoms with E-state index in [2.05, 4.69) is 40.9 Å². The zero-order valence-corrected chi connectivity index (χ0v) is 13.3. The lowest BCUT2D eigenvalue weighted by molar-refractivity contribution is 0.593. The number of hydrogen-bond donors (Lipinski definition) is 1. The van der Waals surface area contributed by atoms with E-state index in [0.29, 0.717) is 17.2 Å². The van der Waals surface area contributed by atoms with Gasteiger partial charge in [-0.25, -0.2) is 14.8 Å². The third kappa shape index (κ3) is 2.43. The Morgan fingerprint density at radius 2 is 1.95 bits per heavy atom. The molecular formula is C17H20N4O. The summed E-state index contributed by atoms with van der Waals surface area (Å²) in [6.45, 7) is 8.25. The van der Waals surface area contributed by atoms with E-state index in [1.165, 1.54) is 5.56 Å². The summed E-state index contributed by atoms with van der Waals surface area (Å²) in [6, 6.07) is 8.33. The first kappa shape index (κ1) is 14.5. The van der Waals surface area contributed by atoms with E-state index in [9.17, 15) is 4.79 Å². The van der Waals surface area contributed by atoms with Crippen molar-refractivity contribution < 1.29 is 0 Å². The number of aromatic amines is 1. The summed E-state index contributed by atoms with van der Waals surface area (Å²) >= 11 is 0. The number of rotatable bonds is 3. The Kier molecular flexibility index (Phi) is 3.56. The Morgan fingerprint density at radius 1 is 1.18 bits per heavy atom. The van der Waals surface area contributed by atoms with Gasteiger partial charge in [0.1, 0.15) is 0 Å². The molecule has 114 valence electrons. The third-order valence-electron chi connectivity index (χ3n) is 3.79. The van der Waals surface area contributed by atoms with Crippen molar-refractivity contribution in [2.75, 3.05) is 0 Å². The van der Waals surface area contributed by atoms with Gasteiger partial charge in [0.15, 0.2) is 11.3 Å². The van der Waals surface area contributed by atoms with Gasteiger partial charge in [-0.2, -0.15) is 0 Å². The number of nitrogens with one attached hydrogen (secondary N) is 1. The normalized spacial score (nSPS) is 11.7. The quantitative estimate of drug-likeness (QED) is 0.804. The molecule has 0 radical (unpaired) electrons. The molecular weight excluding hydrogens is 276 g/mol. The fraction of sp³-hybridized carbons (Fsp3) is 0.353. The number of nitrogens with zero attached hydrogens (tertiary/aromatic N) is 3. The predicted octanol–water partition coefficient (Wildman–Crippen LogP) is 3.49. The minimum Gasteiger partial charge on any atom is -0.289 e. The molecule has 0 amide bonds. The third-order valence-corrected chi connectivity index (χ3v) is 3.79. The second kappa shape index (κ2) is 5.40. The molecule has 2 heterocycles. The van der Waals surface area contributed by atoms with Crippen LogP contribution >= 0.6 is 0 Å². The van der Waals surface area contributed by atoms with Crippen LogP contribution in [-0.4, -0.2) is 19.5 Å². The largest absolute Gasteiger partial charge is 0.329 e. The van der Waals surface area contributed by atoms with E-state index in [4.69, 9.17) is 0 Å². The number of imidazole rings is 1. The fourth-order valence-electron chi connectivity index (χ4n) is 2.57. The van der Waals surface area contributed by atoms with Crippen molar-refractivity contribution in [1.82, 2.24) is 19.5 Å². The summed E-state index contributed by atoms with van der Waals surface area (Å²) in [5, 5.41) is 0. The van der Waals surface area contributed by atoms with E-state index >= 15 is 0 Å². The molecule has 3 aromatic rings. The number of benzene rings is 1. The first-order chi connectivity index (χ1) is 10.5. The van der Waals surface area contributed by atoms with Crippen molar-refractivity contribution in [3.05, 3.63) is 46.5 Å². The van der Waals surface area contributed by atoms with Crippen molar-refractivity contribution in [3.63, 3.8) is 0 Å². The molecule has 1 N–H and O–H groups in total. The van der Waals surface area contributed by atoms with Crippen LogP contribution in [0.1, 0.15) is 45.2 Å². The SMILES string of the molecule is CC(C)c1cccc(-c2cnc3[nH]c(=O)n(C(C)C)c3n2)c1. The zero-order chi connectivity index (χ0) is 15.9. The molecule has 2 aromatic heterocycles. The van der Waals surface area contributed by atoms with Crippen LogP contribution in [0.4, 0.5) is 0 Å². The molecule has 22 heavy (non-hydrogen) atoms. The van der Waals surface area contributed by atoms with Gasteiger partial charge in [0.2, 0.25) is 0 Å². The molecule has 5 heteroatoms. The molecule has 0 aliphatic rings. The maximum absolute atomic E-state index is 12.0. The number of aromatic nitrogens is 4. The average Bonchev–Trinajstić information content (AvgIpc) is 2.82. The standard InChI is InChI=1S/C17H20N4O/c1-10(2)12-6-5-7-13(8-12)14-9-18-15-16(19-14)21(11(3)4)17(22)20-15/h5-11H,1-4H3,(H,18,20,22). The number of H-pyrrole nitrogens is 1. The van der Waals surface area contributed by atoms with Crippen LogP contribution < -0.4 is 5.69 Å². The fourth-order valence-corrected chi connectivity index (χ4v) is 2.57. The molecule has 0 unspecified atom stereocenters. The molecule has 0 aliphatic carbocycles. The molecule has 0 bridgehead atoms. The molecule has 0 aliphatic heterocycles. The lowest BCUT2D eigenvalue weighted by Crippen LogP contribution is -2.18. The van der Waals surface area contributed by atoms with Gasteiger partial charge in [0.25, 0.3) is 0 Å². The van der Waals surface area contributed by atoms with Crippen molar-refractivity contribution >= 4 is 11.3 Å². The predicted molar refractivity (Wildman–Crippen MR) is 88.1 cm³/mol. The smallest absolute Gasteiger partial charge is 0.289 e. The van der Waals surface area contributed by atoms with Crippen molar-refractivity contribution in [1.29, 1.82) is 0 Å². The van der Waals surface area contributed by atoms with Crippen LogP contribution in [0.5, 0.6) is 0 Å². The second-order valence-electron chi connectivity index (χ2n) is 6.10. The minimum absolute atomic E-state index is 0.0350. The van der Waals surface area contributed by atoms with E-state index in [0.717, 1.165) is 11.3 Å². The highest BCUT2D eigenvalue weighted by Gasteiger charge is 2.13. The minimum atomic E-state index is -0.168. The number of hydrogen-bond acceptors (Lipinski definition) is 3. The van der Waals surface area contributed by atoms with Crippen LogP contribution in [0.15, 0.2) is 35.3 Å². The van der Waals surface area contributed by atoms with Crippen LogP contribution in [0.3, 0.4) is 0 Å². The molecule has 0 fully saturated rings. The van der Waals surface area contributed by atoms with Crippen molar-refractivity contribution in [3.8, 4) is 11.3 Å². The van der Waals surface area contributed by atoms with Crippen LogP contribution in [0, 0.1) is 0 Å². The van der Waals surface area contributed by atoms with Gasteiger partial charge >= 0.3 is 5.69 Å². The Balaban J connectivity index is 2.18. The molecule has 1 aromatic carbocycles. The average molecular weight is 296 g/mol. The van der Waals surface area contributed by atoms with Gasteiger partial charge < -0.3 is 0 Å². The Hall–Kier alpha value is -2.43. The molecule has 0 saturated carbocycles. The first-order valence-corrected chi connectivity index (χ1v) is 7.55. The summed E-state index contributed by atoms with van der Waals surface area (Å²) in [5.41, 5.74) is 4.02. The maximum atomic E-state index is 12.0. The Morgan fingerprint density at radius 3 is 2.64 bits per heavy atom. The molecule has 3 rings (SSSR count). The van der Waals surface area contributed by atoms with Gasteiger partial charge in [0, 0.05) is 11.6 Å². The van der Waals surface area contributed by atoms with E-state index < -0.39 is 0 Å². The lowest BCUT2D eigenvalue weighted by atomic mass is 10.00. The van der Waals surface area contributed by atoms with Crippen LogP contribution in [0.25, 0.3) is 22.6 Å². The molecule has 0 atom stereocenters. The van der Waals surface area contributed by atoms with Gasteiger partial charge in [-0.05, 0) is 31.4 Å². The molecule has 5 nitrogen and oxygen atoms in total. The zero-order valence-electron chi connectivity index (χ0n) is 13.3. The van der Waals surface area contributed by atoms with Gasteiger partial charge in [-0.3, -0.25) is 9.55 Å². The van der Waals surface area contributed by atoms with Crippen LogP contribution in [0.2, 0.25) is 0 Å². The Bertz CT molecular complexity index is 874. The van der Waals surface area contributed by atoms with Crippen LogP contribution in [-0.2, 0) is 0 Å². The highest BCUT2D eigenvalue weighted by Crippen LogP contribution is 2.23. The summed E-state index contributed by atoms with van der Waals surface area (Å²) in [6.07, 6.45) is 1.71. The summed E-state index contributed by atoms with van der Waals surface area (Å²) in [7, 11) is 0. The Labute approximate surface area is 129 Å². The lowest BCUT2D eigenvalue weighted by Gasteiger charge is -2.09. The van der Waals surface area contributed by atoms with Gasteiger partial charge in [-0.1, -0.05) is 32.0 Å². The maximum Gasteiger partial charge on any atom is 0.329 e. The topological polar surface area (TPSA) is 63.6 Å². The van der Waals surface area contributed by atoms with Gasteiger partial charge in [0.05, 0.1) is 11.9 Å². The number of fused-ring (bicyclic) bond motifs is 1. The van der Waals surface area contributed by atoms with Crippen molar-refractivity contribution in [2.24, 2.45) is 0 Å². The second-order valence-corrected chi connectivity index (χ2v) is 6.10. The molecule has 0 spiro atoms. The monoisotopic (exact) mass is 296 g/mol. The first-order valence-electron chi connectivity index (χ1n) is 7.55. The van der Waals surface area contributed by atoms with Gasteiger partial charge in [-0.15, -0.1) is 0 Å². The van der Waals surface area contributed by atoms with E-state index in [1.807, 2.05) is 26.0 Å². The van der Waals surface area contributed by atoms with E-state index in [-0.39, 0.29) is 11.7 Å². The van der Waals surface area contributed by atoms with Crippen molar-refractivity contribution in [2.45, 2.75) is 39.7 Å².